The third-order valence-electron chi connectivity index (χ3n) is 1.99. The van der Waals surface area contributed by atoms with Gasteiger partial charge in [0.25, 0.3) is 0 Å². The molecule has 0 spiro atoms. The van der Waals surface area contributed by atoms with Crippen molar-refractivity contribution in [2.24, 2.45) is 0 Å². The van der Waals surface area contributed by atoms with Crippen LogP contribution in [0, 0.1) is 0 Å². The van der Waals surface area contributed by atoms with Gasteiger partial charge in [0.15, 0.2) is 0 Å². The number of halogens is 3. The lowest BCUT2D eigenvalue weighted by Gasteiger charge is -2.12. The molecule has 0 saturated heterocycles. The molecule has 17 heavy (non-hydrogen) atoms. The Bertz CT molecular complexity index is 361. The fourth-order valence-corrected chi connectivity index (χ4v) is 1.72. The smallest absolute Gasteiger partial charge is 0.387 e. The van der Waals surface area contributed by atoms with Gasteiger partial charge in [-0.25, -0.2) is 0 Å². The van der Waals surface area contributed by atoms with Gasteiger partial charge < -0.3 is 15.2 Å². The second-order valence-electron chi connectivity index (χ2n) is 3.61. The number of aliphatic hydroxyl groups is 1. The molecule has 1 aromatic carbocycles. The Morgan fingerprint density at radius 1 is 1.47 bits per heavy atom. The molecule has 0 aliphatic rings. The van der Waals surface area contributed by atoms with Crippen LogP contribution in [0.5, 0.6) is 5.75 Å². The van der Waals surface area contributed by atoms with E-state index in [9.17, 15) is 8.78 Å². The maximum absolute atomic E-state index is 12.2. The monoisotopic (exact) mass is 309 g/mol. The van der Waals surface area contributed by atoms with Crippen molar-refractivity contribution in [3.8, 4) is 5.75 Å². The van der Waals surface area contributed by atoms with E-state index in [1.165, 1.54) is 6.07 Å². The van der Waals surface area contributed by atoms with Crippen LogP contribution >= 0.6 is 15.9 Å². The van der Waals surface area contributed by atoms with E-state index in [0.29, 0.717) is 18.7 Å². The van der Waals surface area contributed by atoms with Crippen LogP contribution in [0.15, 0.2) is 22.7 Å². The summed E-state index contributed by atoms with van der Waals surface area (Å²) in [6.07, 6.45) is -0.485. The summed E-state index contributed by atoms with van der Waals surface area (Å²) in [5.41, 5.74) is 0.611. The van der Waals surface area contributed by atoms with E-state index in [1.54, 1.807) is 19.1 Å². The average Bonchev–Trinajstić information content (AvgIpc) is 2.21. The molecule has 0 aromatic heterocycles. The average molecular weight is 310 g/mol. The minimum Gasteiger partial charge on any atom is -0.434 e. The Morgan fingerprint density at radius 3 is 2.76 bits per heavy atom. The minimum atomic E-state index is -2.84. The Morgan fingerprint density at radius 2 is 2.18 bits per heavy atom. The van der Waals surface area contributed by atoms with Gasteiger partial charge in [-0.15, -0.1) is 0 Å². The number of hydrogen-bond acceptors (Lipinski definition) is 3. The van der Waals surface area contributed by atoms with Gasteiger partial charge in [0.05, 0.1) is 6.10 Å². The zero-order chi connectivity index (χ0) is 12.8. The highest BCUT2D eigenvalue weighted by Gasteiger charge is 2.10. The SMILES string of the molecule is CC(O)CNCc1cc(Br)ccc1OC(F)F. The van der Waals surface area contributed by atoms with E-state index in [-0.39, 0.29) is 5.75 Å². The molecule has 2 N–H and O–H groups in total. The Kier molecular flexibility index (Phi) is 5.80. The third-order valence-corrected chi connectivity index (χ3v) is 2.49. The predicted molar refractivity (Wildman–Crippen MR) is 64.2 cm³/mol. The van der Waals surface area contributed by atoms with E-state index in [0.717, 1.165) is 4.47 Å². The summed E-state index contributed by atoms with van der Waals surface area (Å²) in [5, 5.41) is 12.0. The van der Waals surface area contributed by atoms with Gasteiger partial charge in [0, 0.05) is 23.1 Å². The molecular formula is C11H14BrF2NO2. The zero-order valence-corrected chi connectivity index (χ0v) is 10.9. The van der Waals surface area contributed by atoms with E-state index >= 15 is 0 Å². The van der Waals surface area contributed by atoms with Gasteiger partial charge >= 0.3 is 6.61 Å². The van der Waals surface area contributed by atoms with E-state index in [1.807, 2.05) is 0 Å². The zero-order valence-electron chi connectivity index (χ0n) is 9.29. The normalized spacial score (nSPS) is 12.8. The molecular weight excluding hydrogens is 296 g/mol. The summed E-state index contributed by atoms with van der Waals surface area (Å²) >= 11 is 3.26. The maximum Gasteiger partial charge on any atom is 0.387 e. The van der Waals surface area contributed by atoms with Crippen LogP contribution in [0.4, 0.5) is 8.78 Å². The van der Waals surface area contributed by atoms with E-state index in [4.69, 9.17) is 5.11 Å². The lowest BCUT2D eigenvalue weighted by Crippen LogP contribution is -2.24. The van der Waals surface area contributed by atoms with Gasteiger partial charge in [0.1, 0.15) is 5.75 Å². The number of rotatable bonds is 6. The highest BCUT2D eigenvalue weighted by molar-refractivity contribution is 9.10. The fourth-order valence-electron chi connectivity index (χ4n) is 1.31. The molecule has 1 rings (SSSR count). The predicted octanol–water partition coefficient (Wildman–Crippen LogP) is 2.52. The molecule has 0 fully saturated rings. The van der Waals surface area contributed by atoms with Crippen molar-refractivity contribution >= 4 is 15.9 Å². The second kappa shape index (κ2) is 6.88. The van der Waals surface area contributed by atoms with Crippen LogP contribution < -0.4 is 10.1 Å². The Hall–Kier alpha value is -0.720. The van der Waals surface area contributed by atoms with E-state index < -0.39 is 12.7 Å². The van der Waals surface area contributed by atoms with Crippen LogP contribution in [-0.4, -0.2) is 24.4 Å². The van der Waals surface area contributed by atoms with Gasteiger partial charge in [-0.3, -0.25) is 0 Å². The number of benzene rings is 1. The topological polar surface area (TPSA) is 41.5 Å². The van der Waals surface area contributed by atoms with Gasteiger partial charge in [-0.05, 0) is 25.1 Å². The van der Waals surface area contributed by atoms with Crippen molar-refractivity contribution in [2.45, 2.75) is 26.2 Å². The van der Waals surface area contributed by atoms with Crippen molar-refractivity contribution in [3.05, 3.63) is 28.2 Å². The highest BCUT2D eigenvalue weighted by Crippen LogP contribution is 2.24. The molecule has 1 atom stereocenters. The number of alkyl halides is 2. The Labute approximate surface area is 107 Å². The summed E-state index contributed by atoms with van der Waals surface area (Å²) in [7, 11) is 0. The first-order valence-corrected chi connectivity index (χ1v) is 5.90. The van der Waals surface area contributed by atoms with Crippen LogP contribution in [0.2, 0.25) is 0 Å². The van der Waals surface area contributed by atoms with Crippen LogP contribution in [0.25, 0.3) is 0 Å². The summed E-state index contributed by atoms with van der Waals surface area (Å²) < 4.78 is 29.5. The first-order valence-electron chi connectivity index (χ1n) is 5.11. The van der Waals surface area contributed by atoms with Crippen molar-refractivity contribution in [1.29, 1.82) is 0 Å². The van der Waals surface area contributed by atoms with Gasteiger partial charge in [-0.2, -0.15) is 8.78 Å². The van der Waals surface area contributed by atoms with E-state index in [2.05, 4.69) is 26.0 Å². The number of ether oxygens (including phenoxy) is 1. The summed E-state index contributed by atoms with van der Waals surface area (Å²) in [6.45, 7) is -0.455. The summed E-state index contributed by atoms with van der Waals surface area (Å²) in [6, 6.07) is 4.82. The van der Waals surface area contributed by atoms with Crippen LogP contribution in [-0.2, 0) is 6.54 Å². The van der Waals surface area contributed by atoms with Gasteiger partial charge in [-0.1, -0.05) is 15.9 Å². The molecule has 0 aliphatic heterocycles. The molecule has 0 radical (unpaired) electrons. The Balaban J connectivity index is 2.69. The maximum atomic E-state index is 12.2. The fraction of sp³-hybridized carbons (Fsp3) is 0.455. The third kappa shape index (κ3) is 5.43. The largest absolute Gasteiger partial charge is 0.434 e. The molecule has 0 amide bonds. The molecule has 0 heterocycles. The van der Waals surface area contributed by atoms with Gasteiger partial charge in [0.2, 0.25) is 0 Å². The first kappa shape index (κ1) is 14.3. The summed E-state index contributed by atoms with van der Waals surface area (Å²) in [5.74, 6) is 0.140. The second-order valence-corrected chi connectivity index (χ2v) is 4.53. The van der Waals surface area contributed by atoms with Crippen LogP contribution in [0.3, 0.4) is 0 Å². The molecule has 6 heteroatoms. The highest BCUT2D eigenvalue weighted by atomic mass is 79.9. The van der Waals surface area contributed by atoms with Crippen molar-refractivity contribution in [1.82, 2.24) is 5.32 Å². The van der Waals surface area contributed by atoms with Crippen molar-refractivity contribution in [2.75, 3.05) is 6.54 Å². The number of aliphatic hydroxyl groups excluding tert-OH is 1. The van der Waals surface area contributed by atoms with Crippen molar-refractivity contribution in [3.63, 3.8) is 0 Å². The quantitative estimate of drug-likeness (QED) is 0.848. The summed E-state index contributed by atoms with van der Waals surface area (Å²) in [4.78, 5) is 0. The molecule has 1 unspecified atom stereocenters. The lowest BCUT2D eigenvalue weighted by atomic mass is 10.2. The standard InChI is InChI=1S/C11H14BrF2NO2/c1-7(16)5-15-6-8-4-9(12)2-3-10(8)17-11(13)14/h2-4,7,11,15-16H,5-6H2,1H3. The number of hydrogen-bond donors (Lipinski definition) is 2. The molecule has 0 aliphatic carbocycles. The molecule has 0 saturated carbocycles. The molecule has 1 aromatic rings. The minimum absolute atomic E-state index is 0.140. The lowest BCUT2D eigenvalue weighted by molar-refractivity contribution is -0.0505. The van der Waals surface area contributed by atoms with Crippen molar-refractivity contribution < 1.29 is 18.6 Å². The van der Waals surface area contributed by atoms with Crippen LogP contribution in [0.1, 0.15) is 12.5 Å². The number of nitrogens with one attached hydrogen (secondary N) is 1. The molecule has 3 nitrogen and oxygen atoms in total. The molecule has 96 valence electrons. The molecule has 0 bridgehead atoms. The first-order chi connectivity index (χ1) is 7.99.